The normalized spacial score (nSPS) is 19.0. The molecule has 0 radical (unpaired) electrons. The van der Waals surface area contributed by atoms with E-state index in [9.17, 15) is 9.59 Å². The van der Waals surface area contributed by atoms with Crippen LogP contribution < -0.4 is 0 Å². The smallest absolute Gasteiger partial charge is 0.234 e. The molecule has 0 amide bonds. The molecule has 0 unspecified atom stereocenters. The van der Waals surface area contributed by atoms with Crippen molar-refractivity contribution in [1.29, 1.82) is 0 Å². The molecule has 1 aliphatic heterocycles. The molecule has 80 valence electrons. The Morgan fingerprint density at radius 2 is 1.75 bits per heavy atom. The maximum absolute atomic E-state index is 11.8. The van der Waals surface area contributed by atoms with Gasteiger partial charge in [0.25, 0.3) is 0 Å². The fourth-order valence-corrected chi connectivity index (χ4v) is 2.22. The van der Waals surface area contributed by atoms with Gasteiger partial charge in [0.1, 0.15) is 5.76 Å². The van der Waals surface area contributed by atoms with Crippen molar-refractivity contribution < 1.29 is 14.3 Å². The van der Waals surface area contributed by atoms with E-state index in [0.29, 0.717) is 29.9 Å². The van der Waals surface area contributed by atoms with Gasteiger partial charge in [0, 0.05) is 16.7 Å². The molecule has 3 nitrogen and oxygen atoms in total. The van der Waals surface area contributed by atoms with E-state index in [1.54, 1.807) is 12.1 Å². The van der Waals surface area contributed by atoms with Crippen LogP contribution in [0.15, 0.2) is 29.8 Å². The van der Waals surface area contributed by atoms with Gasteiger partial charge in [0.05, 0.1) is 6.61 Å². The number of fused-ring (bicyclic) bond motifs is 2. The van der Waals surface area contributed by atoms with Crippen LogP contribution in [0.5, 0.6) is 0 Å². The van der Waals surface area contributed by atoms with Crippen molar-refractivity contribution in [3.05, 3.63) is 41.0 Å². The van der Waals surface area contributed by atoms with Crippen molar-refractivity contribution in [1.82, 2.24) is 0 Å². The zero-order valence-electron chi connectivity index (χ0n) is 8.66. The quantitative estimate of drug-likeness (QED) is 0.620. The monoisotopic (exact) mass is 214 g/mol. The summed E-state index contributed by atoms with van der Waals surface area (Å²) in [5.74, 6) is -0.181. The van der Waals surface area contributed by atoms with Gasteiger partial charge < -0.3 is 4.74 Å². The van der Waals surface area contributed by atoms with Crippen LogP contribution in [-0.4, -0.2) is 18.2 Å². The summed E-state index contributed by atoms with van der Waals surface area (Å²) < 4.78 is 5.53. The fourth-order valence-electron chi connectivity index (χ4n) is 2.22. The molecule has 1 aromatic carbocycles. The van der Waals surface area contributed by atoms with Crippen molar-refractivity contribution >= 4 is 17.3 Å². The molecule has 1 aliphatic carbocycles. The predicted octanol–water partition coefficient (Wildman–Crippen LogP) is 1.97. The molecule has 0 saturated carbocycles. The minimum absolute atomic E-state index is 0.395. The lowest BCUT2D eigenvalue weighted by Crippen LogP contribution is -2.27. The van der Waals surface area contributed by atoms with E-state index >= 15 is 0 Å². The Bertz CT molecular complexity index is 526. The minimum atomic E-state index is -0.403. The Kier molecular flexibility index (Phi) is 1.93. The second-order valence-corrected chi connectivity index (χ2v) is 3.96. The number of Topliss-reactive ketones (excluding diaryl/α,β-unsaturated/α-hetero) is 2. The van der Waals surface area contributed by atoms with Gasteiger partial charge in [-0.25, -0.2) is 0 Å². The van der Waals surface area contributed by atoms with E-state index in [1.165, 1.54) is 0 Å². The van der Waals surface area contributed by atoms with Crippen LogP contribution in [0.1, 0.15) is 28.8 Å². The molecule has 3 heteroatoms. The lowest BCUT2D eigenvalue weighted by atomic mass is 9.85. The van der Waals surface area contributed by atoms with Crippen molar-refractivity contribution in [3.8, 4) is 0 Å². The second kappa shape index (κ2) is 3.30. The number of carbonyl (C=O) groups excluding carboxylic acids is 2. The van der Waals surface area contributed by atoms with Crippen molar-refractivity contribution in [2.24, 2.45) is 0 Å². The highest BCUT2D eigenvalue weighted by molar-refractivity contribution is 6.52. The highest BCUT2D eigenvalue weighted by atomic mass is 16.5. The summed E-state index contributed by atoms with van der Waals surface area (Å²) in [5.41, 5.74) is 1.78. The van der Waals surface area contributed by atoms with Gasteiger partial charge in [-0.05, 0) is 12.8 Å². The molecule has 0 fully saturated rings. The Hall–Kier alpha value is -1.90. The van der Waals surface area contributed by atoms with Gasteiger partial charge in [-0.1, -0.05) is 24.3 Å². The van der Waals surface area contributed by atoms with Gasteiger partial charge in [-0.15, -0.1) is 0 Å². The van der Waals surface area contributed by atoms with Crippen molar-refractivity contribution in [2.45, 2.75) is 12.8 Å². The third-order valence-electron chi connectivity index (χ3n) is 2.99. The van der Waals surface area contributed by atoms with Crippen LogP contribution in [0.4, 0.5) is 0 Å². The molecule has 1 aromatic rings. The highest BCUT2D eigenvalue weighted by Crippen LogP contribution is 2.34. The molecule has 2 aliphatic rings. The summed E-state index contributed by atoms with van der Waals surface area (Å²) in [4.78, 5) is 23.7. The van der Waals surface area contributed by atoms with Crippen LogP contribution >= 0.6 is 0 Å². The maximum atomic E-state index is 11.8. The molecule has 0 bridgehead atoms. The zero-order chi connectivity index (χ0) is 11.1. The zero-order valence-corrected chi connectivity index (χ0v) is 8.66. The molecule has 0 saturated heterocycles. The first-order valence-corrected chi connectivity index (χ1v) is 5.33. The van der Waals surface area contributed by atoms with Crippen molar-refractivity contribution in [2.75, 3.05) is 6.61 Å². The molecular weight excluding hydrogens is 204 g/mol. The third-order valence-corrected chi connectivity index (χ3v) is 2.99. The molecule has 3 rings (SSSR count). The Labute approximate surface area is 92.7 Å². The van der Waals surface area contributed by atoms with Gasteiger partial charge in [-0.2, -0.15) is 0 Å². The summed E-state index contributed by atoms with van der Waals surface area (Å²) in [7, 11) is 0. The van der Waals surface area contributed by atoms with Gasteiger partial charge >= 0.3 is 0 Å². The molecule has 0 spiro atoms. The Morgan fingerprint density at radius 1 is 1.00 bits per heavy atom. The Morgan fingerprint density at radius 3 is 2.56 bits per heavy atom. The summed E-state index contributed by atoms with van der Waals surface area (Å²) in [6.45, 7) is 0.620. The average Bonchev–Trinajstić information content (AvgIpc) is 2.36. The van der Waals surface area contributed by atoms with Gasteiger partial charge in [-0.3, -0.25) is 9.59 Å². The van der Waals surface area contributed by atoms with Crippen molar-refractivity contribution in [3.63, 3.8) is 0 Å². The maximum Gasteiger partial charge on any atom is 0.234 e. The number of rotatable bonds is 0. The van der Waals surface area contributed by atoms with Crippen LogP contribution in [-0.2, 0) is 9.53 Å². The summed E-state index contributed by atoms with van der Waals surface area (Å²) in [6.07, 6.45) is 1.45. The first-order valence-electron chi connectivity index (χ1n) is 5.33. The number of allylic oxidation sites excluding steroid dienone is 1. The molecule has 0 N–H and O–H groups in total. The van der Waals surface area contributed by atoms with E-state index in [4.69, 9.17) is 4.74 Å². The topological polar surface area (TPSA) is 43.4 Å². The SMILES string of the molecule is O=C1C(=O)c2ccccc2C2=C1CCCO2. The molecule has 0 atom stereocenters. The van der Waals surface area contributed by atoms with E-state index in [2.05, 4.69) is 0 Å². The first-order chi connectivity index (χ1) is 7.79. The summed E-state index contributed by atoms with van der Waals surface area (Å²) in [5, 5.41) is 0. The number of hydrogen-bond acceptors (Lipinski definition) is 3. The van der Waals surface area contributed by atoms with E-state index < -0.39 is 11.6 Å². The van der Waals surface area contributed by atoms with Crippen LogP contribution in [0, 0.1) is 0 Å². The molecule has 1 heterocycles. The second-order valence-electron chi connectivity index (χ2n) is 3.96. The minimum Gasteiger partial charge on any atom is -0.492 e. The highest BCUT2D eigenvalue weighted by Gasteiger charge is 2.34. The lowest BCUT2D eigenvalue weighted by Gasteiger charge is -2.25. The van der Waals surface area contributed by atoms with E-state index in [1.807, 2.05) is 12.1 Å². The Balaban J connectivity index is 2.28. The number of ether oxygens (including phenoxy) is 1. The summed E-state index contributed by atoms with van der Waals surface area (Å²) >= 11 is 0. The third kappa shape index (κ3) is 1.14. The number of carbonyl (C=O) groups is 2. The first kappa shape index (κ1) is 9.33. The molecule has 0 aromatic heterocycles. The fraction of sp³-hybridized carbons (Fsp3) is 0.231. The van der Waals surface area contributed by atoms with Gasteiger partial charge in [0.2, 0.25) is 11.6 Å². The number of benzene rings is 1. The average molecular weight is 214 g/mol. The standard InChI is InChI=1S/C13H10O3/c14-11-8-4-1-2-5-9(8)13-10(12(11)15)6-3-7-16-13/h1-2,4-5H,3,6-7H2. The van der Waals surface area contributed by atoms with Crippen LogP contribution in [0.2, 0.25) is 0 Å². The van der Waals surface area contributed by atoms with E-state index in [0.717, 1.165) is 12.0 Å². The van der Waals surface area contributed by atoms with Gasteiger partial charge in [0.15, 0.2) is 0 Å². The largest absolute Gasteiger partial charge is 0.492 e. The van der Waals surface area contributed by atoms with Crippen LogP contribution in [0.3, 0.4) is 0 Å². The number of hydrogen-bond donors (Lipinski definition) is 0. The summed E-state index contributed by atoms with van der Waals surface area (Å²) in [6, 6.07) is 7.13. The molecule has 16 heavy (non-hydrogen) atoms. The predicted molar refractivity (Wildman–Crippen MR) is 57.9 cm³/mol. The van der Waals surface area contributed by atoms with E-state index in [-0.39, 0.29) is 0 Å². The number of ketones is 2. The van der Waals surface area contributed by atoms with Crippen LogP contribution in [0.25, 0.3) is 5.76 Å². The molecular formula is C13H10O3. The lowest BCUT2D eigenvalue weighted by molar-refractivity contribution is -0.112.